The van der Waals surface area contributed by atoms with Gasteiger partial charge in [-0.1, -0.05) is 6.07 Å². The van der Waals surface area contributed by atoms with Crippen LogP contribution in [0, 0.1) is 0 Å². The third-order valence-corrected chi connectivity index (χ3v) is 3.09. The van der Waals surface area contributed by atoms with Gasteiger partial charge >= 0.3 is 0 Å². The highest BCUT2D eigenvalue weighted by Crippen LogP contribution is 2.32. The smallest absolute Gasteiger partial charge is 0.234 e. The summed E-state index contributed by atoms with van der Waals surface area (Å²) < 4.78 is 0. The number of hydrogen-bond donors (Lipinski definition) is 3. The molecule has 0 unspecified atom stereocenters. The zero-order valence-corrected chi connectivity index (χ0v) is 8.30. The van der Waals surface area contributed by atoms with Crippen LogP contribution in [-0.4, -0.2) is 11.7 Å². The Morgan fingerprint density at radius 2 is 2.21 bits per heavy atom. The van der Waals surface area contributed by atoms with E-state index in [4.69, 9.17) is 11.5 Å². The number of benzene rings is 1. The Morgan fingerprint density at radius 1 is 1.43 bits per heavy atom. The van der Waals surface area contributed by atoms with Crippen molar-refractivity contribution in [3.63, 3.8) is 0 Å². The first-order valence-corrected chi connectivity index (χ1v) is 5.23. The average molecular weight is 209 g/mol. The van der Waals surface area contributed by atoms with Gasteiger partial charge in [0.2, 0.25) is 5.91 Å². The fourth-order valence-corrected chi connectivity index (χ4v) is 2.10. The van der Waals surface area contributed by atoms with E-state index in [1.54, 1.807) is 0 Å². The maximum Gasteiger partial charge on any atom is 0.234 e. The van der Waals surface area contributed by atoms with Crippen molar-refractivity contribution >= 4 is 23.4 Å². The highest BCUT2D eigenvalue weighted by molar-refractivity contribution is 8.00. The van der Waals surface area contributed by atoms with Gasteiger partial charge in [-0.2, -0.15) is 0 Å². The molecule has 5 N–H and O–H groups in total. The summed E-state index contributed by atoms with van der Waals surface area (Å²) >= 11 is 1.52. The van der Waals surface area contributed by atoms with Gasteiger partial charge in [-0.3, -0.25) is 4.79 Å². The molecule has 0 aromatic heterocycles. The molecule has 1 aromatic rings. The molecule has 0 spiro atoms. The molecule has 0 saturated carbocycles. The van der Waals surface area contributed by atoms with Crippen LogP contribution in [0.5, 0.6) is 0 Å². The van der Waals surface area contributed by atoms with Crippen LogP contribution in [0.3, 0.4) is 0 Å². The van der Waals surface area contributed by atoms with Crippen LogP contribution in [0.15, 0.2) is 23.1 Å². The van der Waals surface area contributed by atoms with Crippen molar-refractivity contribution in [1.82, 2.24) is 0 Å². The molecule has 74 valence electrons. The first kappa shape index (κ1) is 9.51. The predicted molar refractivity (Wildman–Crippen MR) is 56.9 cm³/mol. The molecule has 14 heavy (non-hydrogen) atoms. The van der Waals surface area contributed by atoms with Gasteiger partial charge in [0.05, 0.1) is 17.6 Å². The van der Waals surface area contributed by atoms with E-state index in [0.29, 0.717) is 5.75 Å². The number of rotatable bonds is 1. The maximum atomic E-state index is 11.1. The zero-order chi connectivity index (χ0) is 10.1. The standard InChI is InChI=1S/C9H11N3OS/c10-9(11)5-1-2-7-6(3-5)12-8(13)4-14-7/h1-3,9H,4,10-11H2,(H,12,13). The fraction of sp³-hybridized carbons (Fsp3) is 0.222. The molecule has 5 heteroatoms. The van der Waals surface area contributed by atoms with E-state index >= 15 is 0 Å². The van der Waals surface area contributed by atoms with E-state index in [2.05, 4.69) is 5.32 Å². The number of carbonyl (C=O) groups excluding carboxylic acids is 1. The quantitative estimate of drug-likeness (QED) is 0.593. The number of amides is 1. The van der Waals surface area contributed by atoms with Crippen molar-refractivity contribution in [2.45, 2.75) is 11.1 Å². The van der Waals surface area contributed by atoms with Crippen LogP contribution in [0.25, 0.3) is 0 Å². The van der Waals surface area contributed by atoms with Gasteiger partial charge in [-0.25, -0.2) is 0 Å². The predicted octanol–water partition coefficient (Wildman–Crippen LogP) is 0.647. The zero-order valence-electron chi connectivity index (χ0n) is 7.49. The van der Waals surface area contributed by atoms with E-state index in [0.717, 1.165) is 16.1 Å². The number of nitrogens with two attached hydrogens (primary N) is 2. The van der Waals surface area contributed by atoms with E-state index < -0.39 is 6.17 Å². The SMILES string of the molecule is NC(N)c1ccc2c(c1)NC(=O)CS2. The van der Waals surface area contributed by atoms with E-state index in [9.17, 15) is 4.79 Å². The Kier molecular flexibility index (Phi) is 2.45. The second kappa shape index (κ2) is 3.61. The van der Waals surface area contributed by atoms with Crippen LogP contribution < -0.4 is 16.8 Å². The highest BCUT2D eigenvalue weighted by Gasteiger charge is 2.15. The maximum absolute atomic E-state index is 11.1. The molecule has 0 saturated heterocycles. The van der Waals surface area contributed by atoms with E-state index in [1.165, 1.54) is 11.8 Å². The normalized spacial score (nSPS) is 15.2. The molecule has 4 nitrogen and oxygen atoms in total. The minimum atomic E-state index is -0.496. The summed E-state index contributed by atoms with van der Waals surface area (Å²) in [6, 6.07) is 5.64. The van der Waals surface area contributed by atoms with Crippen LogP contribution in [0.4, 0.5) is 5.69 Å². The van der Waals surface area contributed by atoms with Crippen molar-refractivity contribution in [3.8, 4) is 0 Å². The minimum absolute atomic E-state index is 0.0187. The molecular formula is C9H11N3OS. The Morgan fingerprint density at radius 3 is 2.93 bits per heavy atom. The fourth-order valence-electron chi connectivity index (χ4n) is 1.31. The summed E-state index contributed by atoms with van der Waals surface area (Å²) in [6.45, 7) is 0. The van der Waals surface area contributed by atoms with Crippen LogP contribution in [0.2, 0.25) is 0 Å². The Labute approximate surface area is 86.0 Å². The molecule has 0 fully saturated rings. The van der Waals surface area contributed by atoms with E-state index in [1.807, 2.05) is 18.2 Å². The molecular weight excluding hydrogens is 198 g/mol. The monoisotopic (exact) mass is 209 g/mol. The minimum Gasteiger partial charge on any atom is -0.324 e. The van der Waals surface area contributed by atoms with Gasteiger partial charge in [-0.05, 0) is 17.7 Å². The summed E-state index contributed by atoms with van der Waals surface area (Å²) in [4.78, 5) is 12.2. The summed E-state index contributed by atoms with van der Waals surface area (Å²) in [5.41, 5.74) is 12.7. The lowest BCUT2D eigenvalue weighted by Gasteiger charge is -2.17. The van der Waals surface area contributed by atoms with E-state index in [-0.39, 0.29) is 5.91 Å². The number of thioether (sulfide) groups is 1. The van der Waals surface area contributed by atoms with Gasteiger partial charge < -0.3 is 16.8 Å². The molecule has 1 aliphatic rings. The highest BCUT2D eigenvalue weighted by atomic mass is 32.2. The van der Waals surface area contributed by atoms with Gasteiger partial charge in [0.25, 0.3) is 0 Å². The summed E-state index contributed by atoms with van der Waals surface area (Å²) in [6.07, 6.45) is -0.496. The molecule has 0 aliphatic carbocycles. The first-order chi connectivity index (χ1) is 6.66. The molecule has 2 rings (SSSR count). The number of fused-ring (bicyclic) bond motifs is 1. The van der Waals surface area contributed by atoms with Gasteiger partial charge in [-0.15, -0.1) is 11.8 Å². The van der Waals surface area contributed by atoms with Crippen LogP contribution in [0.1, 0.15) is 11.7 Å². The Hall–Kier alpha value is -1.04. The number of nitrogens with one attached hydrogen (secondary N) is 1. The Bertz CT molecular complexity index is 378. The van der Waals surface area contributed by atoms with Gasteiger partial charge in [0.15, 0.2) is 0 Å². The van der Waals surface area contributed by atoms with Gasteiger partial charge in [0, 0.05) is 4.90 Å². The van der Waals surface area contributed by atoms with Crippen molar-refractivity contribution in [1.29, 1.82) is 0 Å². The summed E-state index contributed by atoms with van der Waals surface area (Å²) in [7, 11) is 0. The third-order valence-electron chi connectivity index (χ3n) is 2.02. The second-order valence-electron chi connectivity index (χ2n) is 3.12. The Balaban J connectivity index is 2.37. The topological polar surface area (TPSA) is 81.1 Å². The van der Waals surface area contributed by atoms with Crippen molar-refractivity contribution in [3.05, 3.63) is 23.8 Å². The second-order valence-corrected chi connectivity index (χ2v) is 4.14. The lowest BCUT2D eigenvalue weighted by Crippen LogP contribution is -2.22. The lowest BCUT2D eigenvalue weighted by molar-refractivity contribution is -0.113. The largest absolute Gasteiger partial charge is 0.324 e. The molecule has 0 atom stereocenters. The summed E-state index contributed by atoms with van der Waals surface area (Å²) in [5, 5.41) is 2.78. The molecule has 1 aliphatic heterocycles. The summed E-state index contributed by atoms with van der Waals surface area (Å²) in [5.74, 6) is 0.492. The number of hydrogen-bond acceptors (Lipinski definition) is 4. The average Bonchev–Trinajstić information content (AvgIpc) is 2.16. The number of carbonyl (C=O) groups is 1. The molecule has 0 radical (unpaired) electrons. The van der Waals surface area contributed by atoms with Gasteiger partial charge in [0.1, 0.15) is 0 Å². The molecule has 0 bridgehead atoms. The lowest BCUT2D eigenvalue weighted by atomic mass is 10.1. The molecule has 1 aromatic carbocycles. The van der Waals surface area contributed by atoms with Crippen molar-refractivity contribution < 1.29 is 4.79 Å². The van der Waals surface area contributed by atoms with Crippen molar-refractivity contribution in [2.75, 3.05) is 11.1 Å². The molecule has 1 heterocycles. The van der Waals surface area contributed by atoms with Crippen LogP contribution >= 0.6 is 11.8 Å². The van der Waals surface area contributed by atoms with Crippen molar-refractivity contribution in [2.24, 2.45) is 11.5 Å². The number of anilines is 1. The molecule has 1 amide bonds. The first-order valence-electron chi connectivity index (χ1n) is 4.24. The third kappa shape index (κ3) is 1.75. The van der Waals surface area contributed by atoms with Crippen LogP contribution in [-0.2, 0) is 4.79 Å².